The van der Waals surface area contributed by atoms with Gasteiger partial charge in [0.15, 0.2) is 5.76 Å². The van der Waals surface area contributed by atoms with Crippen molar-refractivity contribution in [1.29, 1.82) is 0 Å². The summed E-state index contributed by atoms with van der Waals surface area (Å²) in [5.41, 5.74) is 4.17. The lowest BCUT2D eigenvalue weighted by Gasteiger charge is -2.38. The number of carbonyl (C=O) groups is 1. The predicted octanol–water partition coefficient (Wildman–Crippen LogP) is 3.43. The molecule has 0 radical (unpaired) electrons. The van der Waals surface area contributed by atoms with E-state index in [2.05, 4.69) is 35.3 Å². The number of aromatic nitrogens is 3. The standard InChI is InChI=1S/C23H23N5O2/c1-16-5-8-21(30-16)23(29)27-11-10-26(2)20(14-27)22-19-7-6-18(13-28(19)15-25-22)17-4-3-9-24-12-17/h3-9,12-13,15,20H,10-11,14H2,1-2H3. The van der Waals surface area contributed by atoms with Gasteiger partial charge < -0.3 is 13.7 Å². The zero-order valence-corrected chi connectivity index (χ0v) is 17.0. The van der Waals surface area contributed by atoms with Gasteiger partial charge in [-0.15, -0.1) is 0 Å². The summed E-state index contributed by atoms with van der Waals surface area (Å²) in [6.07, 6.45) is 7.54. The molecule has 4 aromatic heterocycles. The van der Waals surface area contributed by atoms with Crippen LogP contribution in [-0.4, -0.2) is 56.8 Å². The maximum absolute atomic E-state index is 12.9. The SMILES string of the molecule is Cc1ccc(C(=O)N2CCN(C)C(c3ncn4cc(-c5cccnc5)ccc34)C2)o1. The Morgan fingerprint density at radius 3 is 2.80 bits per heavy atom. The summed E-state index contributed by atoms with van der Waals surface area (Å²) in [6, 6.07) is 11.8. The van der Waals surface area contributed by atoms with Gasteiger partial charge in [-0.3, -0.25) is 14.7 Å². The first kappa shape index (κ1) is 18.6. The summed E-state index contributed by atoms with van der Waals surface area (Å²) in [4.78, 5) is 25.9. The molecule has 1 fully saturated rings. The van der Waals surface area contributed by atoms with E-state index in [1.807, 2.05) is 46.9 Å². The second-order valence-electron chi connectivity index (χ2n) is 7.74. The molecule has 4 aromatic rings. The third-order valence-corrected chi connectivity index (χ3v) is 5.76. The fourth-order valence-electron chi connectivity index (χ4n) is 4.04. The molecule has 7 nitrogen and oxygen atoms in total. The maximum Gasteiger partial charge on any atom is 0.289 e. The molecule has 1 aliphatic rings. The molecule has 0 aromatic carbocycles. The molecule has 0 bridgehead atoms. The number of furan rings is 1. The largest absolute Gasteiger partial charge is 0.456 e. The van der Waals surface area contributed by atoms with Crippen molar-refractivity contribution in [2.24, 2.45) is 0 Å². The molecule has 1 saturated heterocycles. The van der Waals surface area contributed by atoms with E-state index in [-0.39, 0.29) is 11.9 Å². The van der Waals surface area contributed by atoms with Crippen LogP contribution < -0.4 is 0 Å². The van der Waals surface area contributed by atoms with E-state index >= 15 is 0 Å². The second kappa shape index (κ2) is 7.42. The first-order valence-corrected chi connectivity index (χ1v) is 10.0. The van der Waals surface area contributed by atoms with Crippen molar-refractivity contribution in [3.63, 3.8) is 0 Å². The van der Waals surface area contributed by atoms with E-state index in [0.29, 0.717) is 18.8 Å². The number of rotatable bonds is 3. The van der Waals surface area contributed by atoms with Crippen molar-refractivity contribution in [1.82, 2.24) is 24.2 Å². The molecule has 30 heavy (non-hydrogen) atoms. The van der Waals surface area contributed by atoms with E-state index in [1.165, 1.54) is 0 Å². The highest BCUT2D eigenvalue weighted by Gasteiger charge is 2.32. The van der Waals surface area contributed by atoms with Crippen LogP contribution in [0.4, 0.5) is 0 Å². The van der Waals surface area contributed by atoms with Gasteiger partial charge in [0.2, 0.25) is 0 Å². The number of piperazine rings is 1. The van der Waals surface area contributed by atoms with Crippen molar-refractivity contribution in [2.45, 2.75) is 13.0 Å². The van der Waals surface area contributed by atoms with E-state index in [0.717, 1.165) is 34.6 Å². The molecule has 1 atom stereocenters. The minimum absolute atomic E-state index is 0.0213. The van der Waals surface area contributed by atoms with Crippen molar-refractivity contribution in [2.75, 3.05) is 26.7 Å². The molecule has 1 unspecified atom stereocenters. The Morgan fingerprint density at radius 1 is 1.13 bits per heavy atom. The predicted molar refractivity (Wildman–Crippen MR) is 113 cm³/mol. The van der Waals surface area contributed by atoms with Crippen LogP contribution in [0, 0.1) is 6.92 Å². The average molecular weight is 401 g/mol. The molecule has 0 spiro atoms. The maximum atomic E-state index is 12.9. The van der Waals surface area contributed by atoms with E-state index < -0.39 is 0 Å². The fourth-order valence-corrected chi connectivity index (χ4v) is 4.04. The van der Waals surface area contributed by atoms with E-state index in [4.69, 9.17) is 9.40 Å². The second-order valence-corrected chi connectivity index (χ2v) is 7.74. The van der Waals surface area contributed by atoms with Crippen LogP contribution in [0.3, 0.4) is 0 Å². The van der Waals surface area contributed by atoms with Gasteiger partial charge in [-0.2, -0.15) is 0 Å². The number of imidazole rings is 1. The summed E-state index contributed by atoms with van der Waals surface area (Å²) >= 11 is 0. The first-order valence-electron chi connectivity index (χ1n) is 10.0. The fraction of sp³-hybridized carbons (Fsp3) is 0.261. The monoisotopic (exact) mass is 401 g/mol. The van der Waals surface area contributed by atoms with Crippen molar-refractivity contribution in [3.8, 4) is 11.1 Å². The van der Waals surface area contributed by atoms with Crippen LogP contribution in [0.15, 0.2) is 65.7 Å². The Balaban J connectivity index is 1.44. The lowest BCUT2D eigenvalue weighted by atomic mass is 10.1. The number of fused-ring (bicyclic) bond motifs is 1. The van der Waals surface area contributed by atoms with Crippen molar-refractivity contribution in [3.05, 3.63) is 78.5 Å². The Hall–Kier alpha value is -3.45. The molecular formula is C23H23N5O2. The van der Waals surface area contributed by atoms with Crippen LogP contribution in [0.1, 0.15) is 28.1 Å². The molecule has 1 amide bonds. The van der Waals surface area contributed by atoms with Crippen LogP contribution >= 0.6 is 0 Å². The molecule has 1 aliphatic heterocycles. The lowest BCUT2D eigenvalue weighted by Crippen LogP contribution is -2.49. The molecule has 0 aliphatic carbocycles. The minimum Gasteiger partial charge on any atom is -0.456 e. The minimum atomic E-state index is -0.0661. The number of pyridine rings is 2. The van der Waals surface area contributed by atoms with Gasteiger partial charge >= 0.3 is 0 Å². The Morgan fingerprint density at radius 2 is 2.03 bits per heavy atom. The summed E-state index contributed by atoms with van der Waals surface area (Å²) < 4.78 is 7.59. The third-order valence-electron chi connectivity index (χ3n) is 5.76. The summed E-state index contributed by atoms with van der Waals surface area (Å²) in [7, 11) is 2.08. The smallest absolute Gasteiger partial charge is 0.289 e. The van der Waals surface area contributed by atoms with Gasteiger partial charge in [-0.1, -0.05) is 12.1 Å². The highest BCUT2D eigenvalue weighted by molar-refractivity contribution is 5.91. The van der Waals surface area contributed by atoms with Crippen LogP contribution in [0.2, 0.25) is 0 Å². The zero-order valence-electron chi connectivity index (χ0n) is 17.0. The number of hydrogen-bond acceptors (Lipinski definition) is 5. The third kappa shape index (κ3) is 3.27. The molecule has 0 N–H and O–H groups in total. The van der Waals surface area contributed by atoms with Gasteiger partial charge in [0, 0.05) is 43.8 Å². The number of hydrogen-bond donors (Lipinski definition) is 0. The van der Waals surface area contributed by atoms with Gasteiger partial charge in [-0.25, -0.2) is 4.98 Å². The highest BCUT2D eigenvalue weighted by atomic mass is 16.3. The number of likely N-dealkylation sites (N-methyl/N-ethyl adjacent to an activating group) is 1. The van der Waals surface area contributed by atoms with Gasteiger partial charge in [-0.05, 0) is 43.8 Å². The van der Waals surface area contributed by atoms with Crippen molar-refractivity contribution >= 4 is 11.4 Å². The molecule has 5 heterocycles. The zero-order chi connectivity index (χ0) is 20.7. The topological polar surface area (TPSA) is 66.9 Å². The van der Waals surface area contributed by atoms with Crippen LogP contribution in [0.25, 0.3) is 16.6 Å². The molecular weight excluding hydrogens is 378 g/mol. The molecule has 0 saturated carbocycles. The van der Waals surface area contributed by atoms with Gasteiger partial charge in [0.25, 0.3) is 5.91 Å². The number of carbonyl (C=O) groups excluding carboxylic acids is 1. The highest BCUT2D eigenvalue weighted by Crippen LogP contribution is 2.29. The first-order chi connectivity index (χ1) is 14.6. The van der Waals surface area contributed by atoms with E-state index in [1.54, 1.807) is 12.3 Å². The number of nitrogens with zero attached hydrogens (tertiary/aromatic N) is 5. The summed E-state index contributed by atoms with van der Waals surface area (Å²) in [5.74, 6) is 1.07. The van der Waals surface area contributed by atoms with Crippen LogP contribution in [-0.2, 0) is 0 Å². The van der Waals surface area contributed by atoms with Gasteiger partial charge in [0.05, 0.1) is 23.6 Å². The summed E-state index contributed by atoms with van der Waals surface area (Å²) in [6.45, 7) is 3.87. The normalized spacial score (nSPS) is 17.5. The Bertz CT molecular complexity index is 1200. The molecule has 5 rings (SSSR count). The number of aryl methyl sites for hydroxylation is 1. The summed E-state index contributed by atoms with van der Waals surface area (Å²) in [5, 5.41) is 0. The quantitative estimate of drug-likeness (QED) is 0.526. The Labute approximate surface area is 174 Å². The lowest BCUT2D eigenvalue weighted by molar-refractivity contribution is 0.0512. The average Bonchev–Trinajstić information content (AvgIpc) is 3.40. The van der Waals surface area contributed by atoms with E-state index in [9.17, 15) is 4.79 Å². The van der Waals surface area contributed by atoms with Crippen LogP contribution in [0.5, 0.6) is 0 Å². The number of amides is 1. The van der Waals surface area contributed by atoms with Crippen molar-refractivity contribution < 1.29 is 9.21 Å². The molecule has 152 valence electrons. The molecule has 7 heteroatoms. The Kier molecular flexibility index (Phi) is 4.59. The van der Waals surface area contributed by atoms with Gasteiger partial charge in [0.1, 0.15) is 5.76 Å².